The average Bonchev–Trinajstić information content (AvgIpc) is 2.84. The van der Waals surface area contributed by atoms with E-state index in [4.69, 9.17) is 4.98 Å². The van der Waals surface area contributed by atoms with Crippen LogP contribution in [0.5, 0.6) is 0 Å². The van der Waals surface area contributed by atoms with E-state index in [1.807, 2.05) is 42.2 Å². The third-order valence-electron chi connectivity index (χ3n) is 6.34. The van der Waals surface area contributed by atoms with Gasteiger partial charge in [0, 0.05) is 44.0 Å². The lowest BCUT2D eigenvalue weighted by atomic mass is 9.96. The molecule has 2 fully saturated rings. The van der Waals surface area contributed by atoms with Crippen molar-refractivity contribution in [2.24, 2.45) is 0 Å². The van der Waals surface area contributed by atoms with E-state index in [9.17, 15) is 4.79 Å². The molecule has 1 saturated heterocycles. The van der Waals surface area contributed by atoms with Crippen molar-refractivity contribution in [3.8, 4) is 0 Å². The van der Waals surface area contributed by atoms with Crippen LogP contribution in [0.3, 0.4) is 0 Å². The molecule has 1 saturated carbocycles. The fourth-order valence-corrected chi connectivity index (χ4v) is 4.57. The van der Waals surface area contributed by atoms with E-state index >= 15 is 0 Å². The molecule has 8 heteroatoms. The second kappa shape index (κ2) is 9.06. The number of anilines is 2. The van der Waals surface area contributed by atoms with Crippen molar-refractivity contribution in [2.45, 2.75) is 45.1 Å². The summed E-state index contributed by atoms with van der Waals surface area (Å²) in [5.74, 6) is 1.58. The van der Waals surface area contributed by atoms with Crippen molar-refractivity contribution in [2.75, 3.05) is 36.4 Å². The fraction of sp³-hybridized carbons (Fsp3) is 0.458. The summed E-state index contributed by atoms with van der Waals surface area (Å²) in [5.41, 5.74) is 2.89. The monoisotopic (exact) mass is 431 g/mol. The van der Waals surface area contributed by atoms with Crippen molar-refractivity contribution in [3.05, 3.63) is 47.9 Å². The van der Waals surface area contributed by atoms with Gasteiger partial charge in [-0.2, -0.15) is 4.98 Å². The van der Waals surface area contributed by atoms with Gasteiger partial charge in [-0.3, -0.25) is 9.78 Å². The molecular weight excluding hydrogens is 402 g/mol. The van der Waals surface area contributed by atoms with Gasteiger partial charge in [-0.25, -0.2) is 9.97 Å². The molecule has 1 N–H and O–H groups in total. The molecular formula is C24H29N7O. The number of piperazine rings is 1. The van der Waals surface area contributed by atoms with Gasteiger partial charge >= 0.3 is 0 Å². The number of carbonyl (C=O) groups excluding carboxylic acids is 1. The highest BCUT2D eigenvalue weighted by atomic mass is 16.2. The quantitative estimate of drug-likeness (QED) is 0.677. The van der Waals surface area contributed by atoms with Gasteiger partial charge in [-0.1, -0.05) is 31.4 Å². The van der Waals surface area contributed by atoms with Crippen LogP contribution in [0.4, 0.5) is 11.8 Å². The van der Waals surface area contributed by atoms with Gasteiger partial charge in [0.2, 0.25) is 5.95 Å². The first-order chi connectivity index (χ1) is 15.7. The minimum Gasteiger partial charge on any atom is -0.353 e. The second-order valence-electron chi connectivity index (χ2n) is 8.69. The van der Waals surface area contributed by atoms with Gasteiger partial charge in [-0.05, 0) is 31.9 Å². The Bertz CT molecular complexity index is 1100. The SMILES string of the molecule is Cc1cc(N2CCN(C(=O)c3cnc4ccccc4n3)CC2)nc(NC2CCCCC2)n1. The molecule has 1 aliphatic heterocycles. The van der Waals surface area contributed by atoms with E-state index in [1.54, 1.807) is 6.20 Å². The van der Waals surface area contributed by atoms with Gasteiger partial charge in [0.15, 0.2) is 0 Å². The number of benzene rings is 1. The maximum absolute atomic E-state index is 13.0. The largest absolute Gasteiger partial charge is 0.353 e. The number of aryl methyl sites for hydroxylation is 1. The van der Waals surface area contributed by atoms with Crippen molar-refractivity contribution >= 4 is 28.7 Å². The third-order valence-corrected chi connectivity index (χ3v) is 6.34. The van der Waals surface area contributed by atoms with Crippen LogP contribution in [0.1, 0.15) is 48.3 Å². The van der Waals surface area contributed by atoms with Gasteiger partial charge in [0.1, 0.15) is 11.5 Å². The maximum atomic E-state index is 13.0. The van der Waals surface area contributed by atoms with Crippen LogP contribution in [-0.2, 0) is 0 Å². The highest BCUT2D eigenvalue weighted by Crippen LogP contribution is 2.23. The first-order valence-electron chi connectivity index (χ1n) is 11.5. The van der Waals surface area contributed by atoms with Crippen LogP contribution in [0.25, 0.3) is 11.0 Å². The lowest BCUT2D eigenvalue weighted by molar-refractivity contribution is 0.0740. The molecule has 3 heterocycles. The van der Waals surface area contributed by atoms with E-state index in [0.717, 1.165) is 41.6 Å². The Labute approximate surface area is 188 Å². The predicted molar refractivity (Wildman–Crippen MR) is 125 cm³/mol. The number of rotatable bonds is 4. The number of amides is 1. The average molecular weight is 432 g/mol. The zero-order chi connectivity index (χ0) is 21.9. The summed E-state index contributed by atoms with van der Waals surface area (Å²) in [7, 11) is 0. The molecule has 0 spiro atoms. The summed E-state index contributed by atoms with van der Waals surface area (Å²) in [4.78, 5) is 35.4. The van der Waals surface area contributed by atoms with Crippen LogP contribution < -0.4 is 10.2 Å². The Morgan fingerprint density at radius 2 is 1.72 bits per heavy atom. The second-order valence-corrected chi connectivity index (χ2v) is 8.69. The zero-order valence-corrected chi connectivity index (χ0v) is 18.5. The summed E-state index contributed by atoms with van der Waals surface area (Å²) in [6.07, 6.45) is 7.82. The van der Waals surface area contributed by atoms with Crippen molar-refractivity contribution in [3.63, 3.8) is 0 Å². The van der Waals surface area contributed by atoms with Crippen molar-refractivity contribution < 1.29 is 4.79 Å². The molecule has 0 unspecified atom stereocenters. The molecule has 0 atom stereocenters. The normalized spacial score (nSPS) is 17.5. The highest BCUT2D eigenvalue weighted by molar-refractivity contribution is 5.94. The molecule has 2 aliphatic rings. The minimum atomic E-state index is -0.0681. The van der Waals surface area contributed by atoms with Crippen LogP contribution in [-0.4, -0.2) is 63.0 Å². The molecule has 1 aliphatic carbocycles. The summed E-state index contributed by atoms with van der Waals surface area (Å²) < 4.78 is 0. The highest BCUT2D eigenvalue weighted by Gasteiger charge is 2.25. The van der Waals surface area contributed by atoms with Gasteiger partial charge in [0.05, 0.1) is 17.2 Å². The number of hydrogen-bond donors (Lipinski definition) is 1. The topological polar surface area (TPSA) is 87.1 Å². The Hall–Kier alpha value is -3.29. The number of para-hydroxylation sites is 2. The van der Waals surface area contributed by atoms with E-state index < -0.39 is 0 Å². The molecule has 8 nitrogen and oxygen atoms in total. The number of fused-ring (bicyclic) bond motifs is 1. The molecule has 32 heavy (non-hydrogen) atoms. The molecule has 5 rings (SSSR count). The lowest BCUT2D eigenvalue weighted by Gasteiger charge is -2.35. The number of nitrogens with zero attached hydrogens (tertiary/aromatic N) is 6. The first-order valence-corrected chi connectivity index (χ1v) is 11.5. The summed E-state index contributed by atoms with van der Waals surface area (Å²) in [6, 6.07) is 10.1. The van der Waals surface area contributed by atoms with Crippen LogP contribution in [0, 0.1) is 6.92 Å². The van der Waals surface area contributed by atoms with Crippen LogP contribution in [0.2, 0.25) is 0 Å². The standard InChI is InChI=1S/C24H29N7O/c1-17-15-22(29-24(26-17)27-18-7-3-2-4-8-18)30-11-13-31(14-12-30)23(32)21-16-25-19-9-5-6-10-20(19)28-21/h5-6,9-10,15-16,18H,2-4,7-8,11-14H2,1H3,(H,26,27,29). The maximum Gasteiger partial charge on any atom is 0.274 e. The molecule has 0 bridgehead atoms. The lowest BCUT2D eigenvalue weighted by Crippen LogP contribution is -2.49. The minimum absolute atomic E-state index is 0.0681. The van der Waals surface area contributed by atoms with Crippen molar-refractivity contribution in [1.82, 2.24) is 24.8 Å². The number of nitrogens with one attached hydrogen (secondary N) is 1. The molecule has 166 valence electrons. The summed E-state index contributed by atoms with van der Waals surface area (Å²) in [6.45, 7) is 4.72. The Morgan fingerprint density at radius 3 is 2.50 bits per heavy atom. The number of aromatic nitrogens is 4. The first kappa shape index (κ1) is 20.6. The molecule has 1 amide bonds. The molecule has 0 radical (unpaired) electrons. The summed E-state index contributed by atoms with van der Waals surface area (Å²) in [5, 5.41) is 3.54. The Morgan fingerprint density at radius 1 is 0.969 bits per heavy atom. The summed E-state index contributed by atoms with van der Waals surface area (Å²) >= 11 is 0. The number of carbonyl (C=O) groups is 1. The van der Waals surface area contributed by atoms with E-state index in [-0.39, 0.29) is 5.91 Å². The van der Waals surface area contributed by atoms with Gasteiger partial charge in [0.25, 0.3) is 5.91 Å². The Balaban J connectivity index is 1.24. The van der Waals surface area contributed by atoms with Gasteiger partial charge < -0.3 is 15.1 Å². The third kappa shape index (κ3) is 4.49. The zero-order valence-electron chi connectivity index (χ0n) is 18.5. The van der Waals surface area contributed by atoms with Crippen LogP contribution in [0.15, 0.2) is 36.5 Å². The molecule has 2 aromatic heterocycles. The van der Waals surface area contributed by atoms with Crippen LogP contribution >= 0.6 is 0 Å². The number of hydrogen-bond acceptors (Lipinski definition) is 7. The molecule has 1 aromatic carbocycles. The fourth-order valence-electron chi connectivity index (χ4n) is 4.57. The molecule has 3 aromatic rings. The van der Waals surface area contributed by atoms with E-state index in [0.29, 0.717) is 24.8 Å². The van der Waals surface area contributed by atoms with E-state index in [1.165, 1.54) is 32.1 Å². The smallest absolute Gasteiger partial charge is 0.274 e. The van der Waals surface area contributed by atoms with E-state index in [2.05, 4.69) is 25.2 Å². The predicted octanol–water partition coefficient (Wildman–Crippen LogP) is 3.44. The van der Waals surface area contributed by atoms with Gasteiger partial charge in [-0.15, -0.1) is 0 Å². The van der Waals surface area contributed by atoms with Crippen molar-refractivity contribution in [1.29, 1.82) is 0 Å². The Kier molecular flexibility index (Phi) is 5.83.